The second-order valence-electron chi connectivity index (χ2n) is 7.28. The molecule has 0 amide bonds. The quantitative estimate of drug-likeness (QED) is 0.263. The Hall–Kier alpha value is -4.19. The minimum atomic E-state index is -1.10. The van der Waals surface area contributed by atoms with E-state index in [0.29, 0.717) is 11.1 Å². The van der Waals surface area contributed by atoms with Crippen molar-refractivity contribution in [1.29, 1.82) is 0 Å². The maximum Gasteiger partial charge on any atom is 0.327 e. The molecule has 0 aliphatic heterocycles. The van der Waals surface area contributed by atoms with Crippen molar-refractivity contribution in [2.45, 2.75) is 32.0 Å². The van der Waals surface area contributed by atoms with Gasteiger partial charge in [0.05, 0.1) is 24.5 Å². The number of esters is 1. The van der Waals surface area contributed by atoms with Crippen LogP contribution in [0.1, 0.15) is 41.0 Å². The first-order valence-corrected chi connectivity index (χ1v) is 9.90. The minimum Gasteiger partial charge on any atom is -0.481 e. The highest BCUT2D eigenvalue weighted by molar-refractivity contribution is 5.69. The Labute approximate surface area is 188 Å². The smallest absolute Gasteiger partial charge is 0.327 e. The topological polar surface area (TPSA) is 162 Å². The third-order valence-electron chi connectivity index (χ3n) is 4.97. The van der Waals surface area contributed by atoms with Gasteiger partial charge in [0.15, 0.2) is 5.82 Å². The van der Waals surface area contributed by atoms with Gasteiger partial charge in [-0.25, -0.2) is 4.68 Å². The molecule has 0 saturated carbocycles. The van der Waals surface area contributed by atoms with E-state index in [1.54, 1.807) is 6.07 Å². The van der Waals surface area contributed by atoms with Crippen molar-refractivity contribution in [3.05, 3.63) is 81.2 Å². The van der Waals surface area contributed by atoms with Gasteiger partial charge in [-0.05, 0) is 28.5 Å². The number of carboxylic acid groups (broad SMARTS) is 1. The lowest BCUT2D eigenvalue weighted by atomic mass is 9.98. The van der Waals surface area contributed by atoms with Crippen molar-refractivity contribution in [3.63, 3.8) is 0 Å². The largest absolute Gasteiger partial charge is 0.481 e. The first-order chi connectivity index (χ1) is 15.8. The lowest BCUT2D eigenvalue weighted by Gasteiger charge is -2.25. The highest BCUT2D eigenvalue weighted by Crippen LogP contribution is 2.28. The summed E-state index contributed by atoms with van der Waals surface area (Å²) in [5.41, 5.74) is 1.97. The van der Waals surface area contributed by atoms with Crippen molar-refractivity contribution in [2.75, 3.05) is 7.11 Å². The molecule has 2 unspecified atom stereocenters. The van der Waals surface area contributed by atoms with Gasteiger partial charge in [-0.15, -0.1) is 5.10 Å². The fourth-order valence-electron chi connectivity index (χ4n) is 3.30. The number of carbonyl (C=O) groups is 2. The maximum atomic E-state index is 11.8. The highest BCUT2D eigenvalue weighted by atomic mass is 16.6. The van der Waals surface area contributed by atoms with Crippen LogP contribution < -0.4 is 5.32 Å². The van der Waals surface area contributed by atoms with E-state index in [-0.39, 0.29) is 24.5 Å². The summed E-state index contributed by atoms with van der Waals surface area (Å²) in [4.78, 5) is 34.1. The van der Waals surface area contributed by atoms with Gasteiger partial charge in [-0.2, -0.15) is 0 Å². The fraction of sp³-hybridized carbons (Fsp3) is 0.286. The number of ether oxygens (including phenoxy) is 1. The van der Waals surface area contributed by atoms with E-state index in [4.69, 9.17) is 4.74 Å². The molecule has 33 heavy (non-hydrogen) atoms. The second-order valence-corrected chi connectivity index (χ2v) is 7.28. The van der Waals surface area contributed by atoms with Gasteiger partial charge in [0.2, 0.25) is 0 Å². The number of methoxy groups -OCH3 is 1. The van der Waals surface area contributed by atoms with E-state index in [2.05, 4.69) is 20.8 Å². The monoisotopic (exact) mass is 454 g/mol. The summed E-state index contributed by atoms with van der Waals surface area (Å²) in [7, 11) is 1.24. The van der Waals surface area contributed by atoms with Gasteiger partial charge in [-0.3, -0.25) is 25.0 Å². The van der Waals surface area contributed by atoms with E-state index in [0.717, 1.165) is 5.56 Å². The number of rotatable bonds is 10. The zero-order valence-electron chi connectivity index (χ0n) is 17.9. The Morgan fingerprint density at radius 3 is 2.58 bits per heavy atom. The molecule has 1 aromatic heterocycles. The van der Waals surface area contributed by atoms with Crippen molar-refractivity contribution in [3.8, 4) is 0 Å². The number of benzene rings is 2. The first-order valence-electron chi connectivity index (χ1n) is 9.90. The number of non-ortho nitro benzene ring substituents is 1. The normalized spacial score (nSPS) is 12.7. The van der Waals surface area contributed by atoms with Crippen LogP contribution >= 0.6 is 0 Å². The third-order valence-corrected chi connectivity index (χ3v) is 4.97. The van der Waals surface area contributed by atoms with Gasteiger partial charge in [0, 0.05) is 18.2 Å². The Morgan fingerprint density at radius 1 is 1.21 bits per heavy atom. The zero-order valence-corrected chi connectivity index (χ0v) is 17.9. The van der Waals surface area contributed by atoms with Crippen molar-refractivity contribution < 1.29 is 24.4 Å². The number of aliphatic carboxylic acids is 1. The predicted octanol–water partition coefficient (Wildman–Crippen LogP) is 1.96. The second kappa shape index (κ2) is 10.4. The predicted molar refractivity (Wildman–Crippen MR) is 114 cm³/mol. The molecule has 3 rings (SSSR count). The van der Waals surface area contributed by atoms with E-state index in [1.807, 2.05) is 31.2 Å². The average Bonchev–Trinajstić information content (AvgIpc) is 3.24. The Kier molecular flexibility index (Phi) is 7.41. The molecule has 12 nitrogen and oxygen atoms in total. The lowest BCUT2D eigenvalue weighted by molar-refractivity contribution is -0.384. The number of aryl methyl sites for hydroxylation is 1. The molecule has 0 aliphatic carbocycles. The summed E-state index contributed by atoms with van der Waals surface area (Å²) in [6, 6.07) is 11.6. The van der Waals surface area contributed by atoms with Crippen molar-refractivity contribution in [2.24, 2.45) is 0 Å². The van der Waals surface area contributed by atoms with E-state index in [1.165, 1.54) is 30.0 Å². The van der Waals surface area contributed by atoms with Crippen molar-refractivity contribution in [1.82, 2.24) is 25.5 Å². The Balaban J connectivity index is 2.05. The van der Waals surface area contributed by atoms with Gasteiger partial charge >= 0.3 is 11.9 Å². The van der Waals surface area contributed by atoms with Crippen LogP contribution in [0.25, 0.3) is 0 Å². The molecule has 12 heteroatoms. The van der Waals surface area contributed by atoms with Crippen LogP contribution in [0.4, 0.5) is 5.69 Å². The standard InChI is InChI=1S/C21H22N6O6/c1-13-6-8-14(9-7-13)20(21-23-24-25-26(21)12-19(30)33-2)22-17(11-18(28)29)15-4-3-5-16(10-15)27(31)32/h3-10,17,20,22H,11-12H2,1-2H3,(H,28,29). The van der Waals surface area contributed by atoms with Crippen LogP contribution in [-0.2, 0) is 20.9 Å². The molecule has 0 aliphatic rings. The number of tetrazole rings is 1. The molecule has 0 spiro atoms. The van der Waals surface area contributed by atoms with Crippen LogP contribution in [0.3, 0.4) is 0 Å². The van der Waals surface area contributed by atoms with E-state index in [9.17, 15) is 24.8 Å². The number of nitrogens with zero attached hydrogens (tertiary/aromatic N) is 5. The molecule has 0 fully saturated rings. The Bertz CT molecular complexity index is 1150. The minimum absolute atomic E-state index is 0.160. The molecular formula is C21H22N6O6. The summed E-state index contributed by atoms with van der Waals surface area (Å²) in [5.74, 6) is -1.41. The molecule has 2 N–H and O–H groups in total. The van der Waals surface area contributed by atoms with Crippen molar-refractivity contribution >= 4 is 17.6 Å². The summed E-state index contributed by atoms with van der Waals surface area (Å²) in [5, 5.41) is 35.5. The number of nitro benzene ring substituents is 1. The summed E-state index contributed by atoms with van der Waals surface area (Å²) in [6.45, 7) is 1.67. The van der Waals surface area contributed by atoms with Gasteiger partial charge in [0.25, 0.3) is 5.69 Å². The number of carbonyl (C=O) groups excluding carboxylic acids is 1. The van der Waals surface area contributed by atoms with Gasteiger partial charge < -0.3 is 9.84 Å². The van der Waals surface area contributed by atoms with E-state index >= 15 is 0 Å². The van der Waals surface area contributed by atoms with Gasteiger partial charge in [-0.1, -0.05) is 42.0 Å². The molecule has 2 aromatic carbocycles. The molecule has 0 radical (unpaired) electrons. The summed E-state index contributed by atoms with van der Waals surface area (Å²) < 4.78 is 5.96. The fourth-order valence-corrected chi connectivity index (χ4v) is 3.30. The molecule has 172 valence electrons. The first kappa shape index (κ1) is 23.5. The maximum absolute atomic E-state index is 11.8. The Morgan fingerprint density at radius 2 is 1.94 bits per heavy atom. The van der Waals surface area contributed by atoms with Crippen LogP contribution in [0.2, 0.25) is 0 Å². The summed E-state index contributed by atoms with van der Waals surface area (Å²) in [6.07, 6.45) is -0.359. The molecule has 0 bridgehead atoms. The average molecular weight is 454 g/mol. The number of hydrogen-bond donors (Lipinski definition) is 2. The molecular weight excluding hydrogens is 432 g/mol. The highest BCUT2D eigenvalue weighted by Gasteiger charge is 2.28. The third kappa shape index (κ3) is 5.95. The van der Waals surface area contributed by atoms with Gasteiger partial charge in [0.1, 0.15) is 6.54 Å². The number of carboxylic acids is 1. The SMILES string of the molecule is COC(=O)Cn1nnnc1C(NC(CC(=O)O)c1cccc([N+](=O)[O-])c1)c1ccc(C)cc1. The lowest BCUT2D eigenvalue weighted by Crippen LogP contribution is -2.32. The van der Waals surface area contributed by atoms with Crippen LogP contribution in [0.5, 0.6) is 0 Å². The van der Waals surface area contributed by atoms with Crippen LogP contribution in [0, 0.1) is 17.0 Å². The number of nitrogens with one attached hydrogen (secondary N) is 1. The molecule has 0 saturated heterocycles. The van der Waals surface area contributed by atoms with Crippen LogP contribution in [0.15, 0.2) is 48.5 Å². The summed E-state index contributed by atoms with van der Waals surface area (Å²) >= 11 is 0. The molecule has 2 atom stereocenters. The number of aromatic nitrogens is 4. The number of nitro groups is 1. The van der Waals surface area contributed by atoms with E-state index < -0.39 is 28.9 Å². The molecule has 3 aromatic rings. The number of hydrogen-bond acceptors (Lipinski definition) is 9. The zero-order chi connectivity index (χ0) is 24.0. The van der Waals surface area contributed by atoms with Crippen LogP contribution in [-0.4, -0.2) is 49.3 Å². The molecule has 1 heterocycles.